The van der Waals surface area contributed by atoms with E-state index in [0.29, 0.717) is 16.6 Å². The second kappa shape index (κ2) is 4.62. The van der Waals surface area contributed by atoms with Gasteiger partial charge in [0, 0.05) is 16.5 Å². The number of nitrogens with zero attached hydrogens (tertiary/aromatic N) is 2. The maximum Gasteiger partial charge on any atom is 0.294 e. The Balaban J connectivity index is 1.91. The lowest BCUT2D eigenvalue weighted by atomic mass is 10.0. The quantitative estimate of drug-likeness (QED) is 0.463. The molecule has 0 unspecified atom stereocenters. The summed E-state index contributed by atoms with van der Waals surface area (Å²) in [5.41, 5.74) is 5.07. The molecule has 0 saturated carbocycles. The summed E-state index contributed by atoms with van der Waals surface area (Å²) in [5, 5.41) is 2.23. The summed E-state index contributed by atoms with van der Waals surface area (Å²) in [6, 6.07) is 15.1. The lowest BCUT2D eigenvalue weighted by Crippen LogP contribution is -2.02. The first-order valence-corrected chi connectivity index (χ1v) is 9.20. The minimum atomic E-state index is -4.30. The predicted molar refractivity (Wildman–Crippen MR) is 96.0 cm³/mol. The third kappa shape index (κ3) is 1.95. The van der Waals surface area contributed by atoms with Crippen LogP contribution in [0.4, 0.5) is 0 Å². The van der Waals surface area contributed by atoms with Crippen molar-refractivity contribution in [2.45, 2.75) is 11.8 Å². The lowest BCUT2D eigenvalue weighted by Gasteiger charge is -2.07. The van der Waals surface area contributed by atoms with Gasteiger partial charge in [0.1, 0.15) is 0 Å². The Morgan fingerprint density at radius 2 is 1.44 bits per heavy atom. The van der Waals surface area contributed by atoms with E-state index < -0.39 is 10.1 Å². The Morgan fingerprint density at radius 1 is 0.880 bits per heavy atom. The Bertz CT molecular complexity index is 1320. The molecule has 0 radical (unpaired) electrons. The molecule has 0 amide bonds. The van der Waals surface area contributed by atoms with Crippen LogP contribution < -0.4 is 0 Å². The van der Waals surface area contributed by atoms with Crippen molar-refractivity contribution in [3.8, 4) is 22.5 Å². The normalized spacial score (nSPS) is 12.7. The summed E-state index contributed by atoms with van der Waals surface area (Å²) in [7, 11) is -4.30. The molecular weight excluding hydrogens is 336 g/mol. The molecule has 1 aliphatic rings. The molecule has 5 rings (SSSR count). The highest BCUT2D eigenvalue weighted by molar-refractivity contribution is 7.85. The van der Waals surface area contributed by atoms with Crippen LogP contribution >= 0.6 is 0 Å². The van der Waals surface area contributed by atoms with Crippen LogP contribution in [0.25, 0.3) is 44.3 Å². The third-order valence-corrected chi connectivity index (χ3v) is 5.65. The molecular formula is C19H12N2O3S. The molecule has 1 heterocycles. The van der Waals surface area contributed by atoms with Gasteiger partial charge in [-0.1, -0.05) is 36.4 Å². The second-order valence-corrected chi connectivity index (χ2v) is 7.60. The van der Waals surface area contributed by atoms with Gasteiger partial charge in [-0.05, 0) is 30.0 Å². The fourth-order valence-corrected chi connectivity index (χ4v) is 4.30. The molecule has 1 N–H and O–H groups in total. The Labute approximate surface area is 143 Å². The largest absolute Gasteiger partial charge is 0.294 e. The highest BCUT2D eigenvalue weighted by Crippen LogP contribution is 2.45. The average Bonchev–Trinajstić information content (AvgIpc) is 2.87. The van der Waals surface area contributed by atoms with Crippen molar-refractivity contribution in [1.82, 2.24) is 9.97 Å². The number of aromatic nitrogens is 2. The van der Waals surface area contributed by atoms with E-state index in [1.165, 1.54) is 6.07 Å². The summed E-state index contributed by atoms with van der Waals surface area (Å²) in [5.74, 6) is 0. The van der Waals surface area contributed by atoms with Crippen molar-refractivity contribution in [2.75, 3.05) is 0 Å². The molecule has 0 aliphatic heterocycles. The van der Waals surface area contributed by atoms with Gasteiger partial charge in [-0.3, -0.25) is 4.55 Å². The minimum Gasteiger partial charge on any atom is -0.282 e. The molecule has 4 aromatic rings. The van der Waals surface area contributed by atoms with Crippen LogP contribution in [0.5, 0.6) is 0 Å². The van der Waals surface area contributed by atoms with E-state index in [4.69, 9.17) is 4.98 Å². The topological polar surface area (TPSA) is 80.2 Å². The van der Waals surface area contributed by atoms with Gasteiger partial charge < -0.3 is 0 Å². The van der Waals surface area contributed by atoms with Crippen molar-refractivity contribution >= 4 is 31.9 Å². The number of aryl methyl sites for hydroxylation is 1. The zero-order chi connectivity index (χ0) is 17.3. The molecule has 0 atom stereocenters. The summed E-state index contributed by atoms with van der Waals surface area (Å²) in [4.78, 5) is 9.28. The molecule has 0 fully saturated rings. The Kier molecular flexibility index (Phi) is 2.68. The van der Waals surface area contributed by atoms with Crippen LogP contribution in [-0.4, -0.2) is 22.9 Å². The average molecular weight is 348 g/mol. The number of rotatable bonds is 1. The SMILES string of the molecule is Cc1cc2nc3c(nc2cc1S(=O)(=O)O)-c1cccc2cccc-3c12. The van der Waals surface area contributed by atoms with Crippen LogP contribution in [-0.2, 0) is 10.1 Å². The minimum absolute atomic E-state index is 0.136. The monoisotopic (exact) mass is 348 g/mol. The van der Waals surface area contributed by atoms with Gasteiger partial charge in [-0.25, -0.2) is 9.97 Å². The van der Waals surface area contributed by atoms with E-state index in [9.17, 15) is 13.0 Å². The Hall–Kier alpha value is -2.83. The number of benzene rings is 3. The van der Waals surface area contributed by atoms with Crippen LogP contribution in [0.3, 0.4) is 0 Å². The standard InChI is InChI=1S/C19H12N2O3S/c1-10-8-14-15(9-16(10)25(22,23)24)21-19-13-7-3-5-11-4-2-6-12(17(11)13)18(19)20-14/h2-9H,1H3,(H,22,23,24). The van der Waals surface area contributed by atoms with E-state index in [2.05, 4.69) is 17.1 Å². The van der Waals surface area contributed by atoms with E-state index in [1.807, 2.05) is 24.3 Å². The zero-order valence-corrected chi connectivity index (χ0v) is 14.0. The number of fused-ring (bicyclic) bond motifs is 4. The molecule has 0 bridgehead atoms. The Morgan fingerprint density at radius 3 is 2.00 bits per heavy atom. The second-order valence-electron chi connectivity index (χ2n) is 6.21. The molecule has 6 heteroatoms. The first-order valence-electron chi connectivity index (χ1n) is 7.76. The van der Waals surface area contributed by atoms with Gasteiger partial charge >= 0.3 is 0 Å². The fraction of sp³-hybridized carbons (Fsp3) is 0.0526. The molecule has 5 nitrogen and oxygen atoms in total. The molecule has 0 spiro atoms. The maximum atomic E-state index is 11.6. The first-order chi connectivity index (χ1) is 11.9. The van der Waals surface area contributed by atoms with Crippen LogP contribution in [0.2, 0.25) is 0 Å². The van der Waals surface area contributed by atoms with Crippen molar-refractivity contribution in [3.05, 3.63) is 54.1 Å². The van der Waals surface area contributed by atoms with Gasteiger partial charge in [0.2, 0.25) is 0 Å². The van der Waals surface area contributed by atoms with Gasteiger partial charge in [0.25, 0.3) is 10.1 Å². The summed E-state index contributed by atoms with van der Waals surface area (Å²) >= 11 is 0. The first kappa shape index (κ1) is 14.5. The van der Waals surface area contributed by atoms with Crippen molar-refractivity contribution in [3.63, 3.8) is 0 Å². The maximum absolute atomic E-state index is 11.6. The van der Waals surface area contributed by atoms with Gasteiger partial charge in [0.15, 0.2) is 0 Å². The van der Waals surface area contributed by atoms with Gasteiger partial charge in [-0.15, -0.1) is 0 Å². The van der Waals surface area contributed by atoms with Gasteiger partial charge in [0.05, 0.1) is 27.3 Å². The van der Waals surface area contributed by atoms with Crippen molar-refractivity contribution in [2.24, 2.45) is 0 Å². The molecule has 1 aromatic heterocycles. The fourth-order valence-electron chi connectivity index (χ4n) is 3.58. The van der Waals surface area contributed by atoms with E-state index in [0.717, 1.165) is 33.3 Å². The summed E-state index contributed by atoms with van der Waals surface area (Å²) in [6.07, 6.45) is 0. The van der Waals surface area contributed by atoms with Crippen molar-refractivity contribution in [1.29, 1.82) is 0 Å². The van der Waals surface area contributed by atoms with Gasteiger partial charge in [-0.2, -0.15) is 8.42 Å². The summed E-state index contributed by atoms with van der Waals surface area (Å²) in [6.45, 7) is 1.63. The molecule has 122 valence electrons. The lowest BCUT2D eigenvalue weighted by molar-refractivity contribution is 0.482. The van der Waals surface area contributed by atoms with E-state index in [1.54, 1.807) is 13.0 Å². The smallest absolute Gasteiger partial charge is 0.282 e. The third-order valence-electron chi connectivity index (χ3n) is 4.65. The highest BCUT2D eigenvalue weighted by atomic mass is 32.2. The van der Waals surface area contributed by atoms with Crippen LogP contribution in [0.1, 0.15) is 5.56 Å². The van der Waals surface area contributed by atoms with Crippen LogP contribution in [0.15, 0.2) is 53.4 Å². The highest BCUT2D eigenvalue weighted by Gasteiger charge is 2.25. The predicted octanol–water partition coefficient (Wildman–Crippen LogP) is 3.99. The number of hydrogen-bond donors (Lipinski definition) is 1. The molecule has 25 heavy (non-hydrogen) atoms. The van der Waals surface area contributed by atoms with E-state index in [-0.39, 0.29) is 4.90 Å². The molecule has 0 saturated heterocycles. The number of hydrogen-bond acceptors (Lipinski definition) is 4. The molecule has 3 aromatic carbocycles. The van der Waals surface area contributed by atoms with Crippen molar-refractivity contribution < 1.29 is 13.0 Å². The van der Waals surface area contributed by atoms with E-state index >= 15 is 0 Å². The molecule has 1 aliphatic carbocycles. The zero-order valence-electron chi connectivity index (χ0n) is 13.2. The summed E-state index contributed by atoms with van der Waals surface area (Å²) < 4.78 is 32.6. The van der Waals surface area contributed by atoms with Crippen LogP contribution in [0, 0.1) is 6.92 Å².